The Morgan fingerprint density at radius 1 is 1.38 bits per heavy atom. The summed E-state index contributed by atoms with van der Waals surface area (Å²) in [6, 6.07) is 7.69. The van der Waals surface area contributed by atoms with E-state index in [1.165, 1.54) is 0 Å². The van der Waals surface area contributed by atoms with Crippen LogP contribution in [-0.2, 0) is 11.3 Å². The molecule has 0 heterocycles. The Balaban J connectivity index is 0.00000220. The zero-order valence-corrected chi connectivity index (χ0v) is 14.1. The number of halogens is 2. The van der Waals surface area contributed by atoms with Crippen molar-refractivity contribution in [3.05, 3.63) is 34.9 Å². The number of rotatable bonds is 5. The predicted molar refractivity (Wildman–Crippen MR) is 89.7 cm³/mol. The van der Waals surface area contributed by atoms with Crippen molar-refractivity contribution in [1.82, 2.24) is 4.90 Å². The molecular formula is C16H24Cl2N2O. The summed E-state index contributed by atoms with van der Waals surface area (Å²) in [5.74, 6) is 0.208. The fourth-order valence-electron chi connectivity index (χ4n) is 3.08. The monoisotopic (exact) mass is 330 g/mol. The molecule has 0 aromatic heterocycles. The van der Waals surface area contributed by atoms with Crippen LogP contribution in [0, 0.1) is 5.41 Å². The molecule has 1 aromatic carbocycles. The average Bonchev–Trinajstić information content (AvgIpc) is 2.94. The first-order valence-electron chi connectivity index (χ1n) is 7.35. The van der Waals surface area contributed by atoms with E-state index >= 15 is 0 Å². The molecule has 0 aliphatic heterocycles. The molecule has 1 fully saturated rings. The maximum atomic E-state index is 12.8. The van der Waals surface area contributed by atoms with Gasteiger partial charge in [-0.15, -0.1) is 12.4 Å². The molecule has 2 N–H and O–H groups in total. The van der Waals surface area contributed by atoms with E-state index < -0.39 is 0 Å². The number of amides is 1. The minimum Gasteiger partial charge on any atom is -0.338 e. The highest BCUT2D eigenvalue weighted by Gasteiger charge is 2.41. The quantitative estimate of drug-likeness (QED) is 0.895. The third-order valence-electron chi connectivity index (χ3n) is 4.34. The maximum Gasteiger partial charge on any atom is 0.230 e. The summed E-state index contributed by atoms with van der Waals surface area (Å²) in [7, 11) is 0. The highest BCUT2D eigenvalue weighted by atomic mass is 35.5. The lowest BCUT2D eigenvalue weighted by Gasteiger charge is -2.33. The highest BCUT2D eigenvalue weighted by molar-refractivity contribution is 6.30. The lowest BCUT2D eigenvalue weighted by Crippen LogP contribution is -2.46. The van der Waals surface area contributed by atoms with E-state index in [1.807, 2.05) is 36.1 Å². The van der Waals surface area contributed by atoms with Gasteiger partial charge in [0.1, 0.15) is 0 Å². The van der Waals surface area contributed by atoms with Gasteiger partial charge >= 0.3 is 0 Å². The fourth-order valence-corrected chi connectivity index (χ4v) is 3.29. The topological polar surface area (TPSA) is 46.3 Å². The normalized spacial score (nSPS) is 16.3. The molecule has 0 spiro atoms. The third-order valence-corrected chi connectivity index (χ3v) is 4.57. The molecule has 0 atom stereocenters. The van der Waals surface area contributed by atoms with Crippen molar-refractivity contribution < 1.29 is 4.79 Å². The van der Waals surface area contributed by atoms with Crippen molar-refractivity contribution in [2.75, 3.05) is 13.1 Å². The largest absolute Gasteiger partial charge is 0.338 e. The van der Waals surface area contributed by atoms with Gasteiger partial charge in [0.05, 0.1) is 5.41 Å². The Morgan fingerprint density at radius 2 is 2.05 bits per heavy atom. The third kappa shape index (κ3) is 4.12. The molecule has 118 valence electrons. The van der Waals surface area contributed by atoms with Crippen molar-refractivity contribution in [2.45, 2.75) is 39.2 Å². The summed E-state index contributed by atoms with van der Waals surface area (Å²) >= 11 is 6.01. The van der Waals surface area contributed by atoms with Crippen molar-refractivity contribution in [1.29, 1.82) is 0 Å². The molecule has 3 nitrogen and oxygen atoms in total. The summed E-state index contributed by atoms with van der Waals surface area (Å²) in [6.45, 7) is 3.78. The van der Waals surface area contributed by atoms with Gasteiger partial charge < -0.3 is 10.6 Å². The SMILES string of the molecule is CCN(Cc1cccc(Cl)c1)C(=O)C1(CN)CCCC1.Cl. The number of nitrogens with two attached hydrogens (primary N) is 1. The number of carbonyl (C=O) groups is 1. The first kappa shape index (κ1) is 18.3. The van der Waals surface area contributed by atoms with Crippen LogP contribution in [0.1, 0.15) is 38.2 Å². The van der Waals surface area contributed by atoms with Crippen molar-refractivity contribution in [3.63, 3.8) is 0 Å². The molecule has 5 heteroatoms. The fraction of sp³-hybridized carbons (Fsp3) is 0.562. The van der Waals surface area contributed by atoms with Gasteiger partial charge in [-0.05, 0) is 37.5 Å². The van der Waals surface area contributed by atoms with Crippen molar-refractivity contribution >= 4 is 29.9 Å². The lowest BCUT2D eigenvalue weighted by atomic mass is 9.84. The minimum atomic E-state index is -0.325. The van der Waals surface area contributed by atoms with Crippen molar-refractivity contribution in [2.24, 2.45) is 11.1 Å². The van der Waals surface area contributed by atoms with Gasteiger partial charge in [0.15, 0.2) is 0 Å². The Hall–Kier alpha value is -0.770. The smallest absolute Gasteiger partial charge is 0.230 e. The van der Waals surface area contributed by atoms with Gasteiger partial charge in [0.2, 0.25) is 5.91 Å². The molecule has 1 aliphatic rings. The second kappa shape index (κ2) is 8.02. The van der Waals surface area contributed by atoms with E-state index in [2.05, 4.69) is 0 Å². The van der Waals surface area contributed by atoms with E-state index in [9.17, 15) is 4.79 Å². The Labute approximate surface area is 138 Å². The molecule has 1 amide bonds. The Bertz CT molecular complexity index is 473. The highest BCUT2D eigenvalue weighted by Crippen LogP contribution is 2.39. The number of hydrogen-bond donors (Lipinski definition) is 1. The molecular weight excluding hydrogens is 307 g/mol. The van der Waals surface area contributed by atoms with E-state index in [-0.39, 0.29) is 23.7 Å². The molecule has 1 aromatic rings. The van der Waals surface area contributed by atoms with Gasteiger partial charge in [0, 0.05) is 24.7 Å². The molecule has 1 saturated carbocycles. The van der Waals surface area contributed by atoms with Crippen LogP contribution in [0.2, 0.25) is 5.02 Å². The zero-order chi connectivity index (χ0) is 14.6. The maximum absolute atomic E-state index is 12.8. The van der Waals surface area contributed by atoms with Crippen molar-refractivity contribution in [3.8, 4) is 0 Å². The molecule has 0 radical (unpaired) electrons. The van der Waals surface area contributed by atoms with Crippen LogP contribution < -0.4 is 5.73 Å². The van der Waals surface area contributed by atoms with Crippen LogP contribution in [0.5, 0.6) is 0 Å². The average molecular weight is 331 g/mol. The van der Waals surface area contributed by atoms with Gasteiger partial charge in [-0.2, -0.15) is 0 Å². The molecule has 2 rings (SSSR count). The van der Waals surface area contributed by atoms with E-state index in [0.29, 0.717) is 24.7 Å². The summed E-state index contributed by atoms with van der Waals surface area (Å²) in [4.78, 5) is 14.7. The standard InChI is InChI=1S/C16H23ClN2O.ClH/c1-2-19(11-13-6-5-7-14(17)10-13)15(20)16(12-18)8-3-4-9-16;/h5-7,10H,2-4,8-9,11-12,18H2,1H3;1H. The second-order valence-electron chi connectivity index (χ2n) is 5.64. The Morgan fingerprint density at radius 3 is 2.57 bits per heavy atom. The van der Waals surface area contributed by atoms with Gasteiger partial charge in [-0.25, -0.2) is 0 Å². The number of carbonyl (C=O) groups excluding carboxylic acids is 1. The van der Waals surface area contributed by atoms with Gasteiger partial charge in [-0.1, -0.05) is 36.6 Å². The van der Waals surface area contributed by atoms with Gasteiger partial charge in [-0.3, -0.25) is 4.79 Å². The number of nitrogens with zero attached hydrogens (tertiary/aromatic N) is 1. The number of hydrogen-bond acceptors (Lipinski definition) is 2. The predicted octanol–water partition coefficient (Wildman–Crippen LogP) is 3.63. The Kier molecular flexibility index (Phi) is 6.98. The first-order valence-corrected chi connectivity index (χ1v) is 7.73. The van der Waals surface area contributed by atoms with Crippen LogP contribution in [0.15, 0.2) is 24.3 Å². The summed E-state index contributed by atoms with van der Waals surface area (Å²) < 4.78 is 0. The first-order chi connectivity index (χ1) is 9.61. The van der Waals surface area contributed by atoms with Crippen LogP contribution in [-0.4, -0.2) is 23.9 Å². The summed E-state index contributed by atoms with van der Waals surface area (Å²) in [5.41, 5.74) is 6.65. The minimum absolute atomic E-state index is 0. The van der Waals surface area contributed by atoms with Crippen LogP contribution in [0.25, 0.3) is 0 Å². The number of benzene rings is 1. The molecule has 21 heavy (non-hydrogen) atoms. The summed E-state index contributed by atoms with van der Waals surface area (Å²) in [5, 5.41) is 0.709. The van der Waals surface area contributed by atoms with Gasteiger partial charge in [0.25, 0.3) is 0 Å². The molecule has 0 unspecified atom stereocenters. The second-order valence-corrected chi connectivity index (χ2v) is 6.08. The molecule has 1 aliphatic carbocycles. The van der Waals surface area contributed by atoms with Crippen LogP contribution >= 0.6 is 24.0 Å². The van der Waals surface area contributed by atoms with Crippen LogP contribution in [0.4, 0.5) is 0 Å². The molecule has 0 bridgehead atoms. The zero-order valence-electron chi connectivity index (χ0n) is 12.5. The lowest BCUT2D eigenvalue weighted by molar-refractivity contribution is -0.141. The van der Waals surface area contributed by atoms with E-state index in [0.717, 1.165) is 31.2 Å². The summed E-state index contributed by atoms with van der Waals surface area (Å²) in [6.07, 6.45) is 4.07. The molecule has 0 saturated heterocycles. The van der Waals surface area contributed by atoms with E-state index in [1.54, 1.807) is 0 Å². The van der Waals surface area contributed by atoms with E-state index in [4.69, 9.17) is 17.3 Å². The van der Waals surface area contributed by atoms with Crippen LogP contribution in [0.3, 0.4) is 0 Å².